The van der Waals surface area contributed by atoms with Crippen molar-refractivity contribution in [3.8, 4) is 5.75 Å². The molecule has 0 saturated heterocycles. The van der Waals surface area contributed by atoms with E-state index in [1.165, 1.54) is 5.56 Å². The SMILES string of the molecule is Cc1ccc(C)c(OCC(C)(C)N)c1. The van der Waals surface area contributed by atoms with Gasteiger partial charge in [-0.25, -0.2) is 0 Å². The second kappa shape index (κ2) is 4.01. The van der Waals surface area contributed by atoms with Crippen LogP contribution in [0.25, 0.3) is 0 Å². The van der Waals surface area contributed by atoms with E-state index < -0.39 is 0 Å². The molecule has 0 aliphatic rings. The Kier molecular flexibility index (Phi) is 3.17. The zero-order valence-corrected chi connectivity index (χ0v) is 9.42. The number of aryl methyl sites for hydroxylation is 2. The molecule has 0 aliphatic heterocycles. The van der Waals surface area contributed by atoms with Gasteiger partial charge in [-0.1, -0.05) is 12.1 Å². The highest BCUT2D eigenvalue weighted by molar-refractivity contribution is 5.36. The lowest BCUT2D eigenvalue weighted by atomic mass is 10.1. The summed E-state index contributed by atoms with van der Waals surface area (Å²) in [6, 6.07) is 6.19. The monoisotopic (exact) mass is 193 g/mol. The van der Waals surface area contributed by atoms with Crippen molar-refractivity contribution in [1.82, 2.24) is 0 Å². The minimum Gasteiger partial charge on any atom is -0.491 e. The molecule has 2 heteroatoms. The summed E-state index contributed by atoms with van der Waals surface area (Å²) in [4.78, 5) is 0. The van der Waals surface area contributed by atoms with Gasteiger partial charge in [0.25, 0.3) is 0 Å². The standard InChI is InChI=1S/C12H19NO/c1-9-5-6-10(2)11(7-9)14-8-12(3,4)13/h5-7H,8,13H2,1-4H3. The van der Waals surface area contributed by atoms with Gasteiger partial charge >= 0.3 is 0 Å². The van der Waals surface area contributed by atoms with Crippen LogP contribution in [0.5, 0.6) is 5.75 Å². The van der Waals surface area contributed by atoms with Gasteiger partial charge in [0.1, 0.15) is 12.4 Å². The predicted octanol–water partition coefficient (Wildman–Crippen LogP) is 2.42. The van der Waals surface area contributed by atoms with Crippen LogP contribution >= 0.6 is 0 Å². The van der Waals surface area contributed by atoms with Crippen LogP contribution in [0.2, 0.25) is 0 Å². The van der Waals surface area contributed by atoms with Gasteiger partial charge in [-0.3, -0.25) is 0 Å². The highest BCUT2D eigenvalue weighted by atomic mass is 16.5. The molecule has 0 radical (unpaired) electrons. The Balaban J connectivity index is 2.72. The molecule has 1 aromatic rings. The van der Waals surface area contributed by atoms with E-state index in [9.17, 15) is 0 Å². The van der Waals surface area contributed by atoms with Crippen molar-refractivity contribution in [3.05, 3.63) is 29.3 Å². The lowest BCUT2D eigenvalue weighted by Crippen LogP contribution is -2.38. The first-order valence-corrected chi connectivity index (χ1v) is 4.87. The van der Waals surface area contributed by atoms with E-state index in [4.69, 9.17) is 10.5 Å². The molecule has 0 heterocycles. The summed E-state index contributed by atoms with van der Waals surface area (Å²) in [5, 5.41) is 0. The fourth-order valence-electron chi connectivity index (χ4n) is 1.13. The second-order valence-electron chi connectivity index (χ2n) is 4.55. The highest BCUT2D eigenvalue weighted by Gasteiger charge is 2.12. The molecule has 2 N–H and O–H groups in total. The lowest BCUT2D eigenvalue weighted by molar-refractivity contribution is 0.242. The number of benzene rings is 1. The maximum Gasteiger partial charge on any atom is 0.122 e. The Bertz CT molecular complexity index is 313. The molecule has 0 unspecified atom stereocenters. The van der Waals surface area contributed by atoms with Gasteiger partial charge in [0, 0.05) is 5.54 Å². The first-order chi connectivity index (χ1) is 6.38. The molecule has 78 valence electrons. The van der Waals surface area contributed by atoms with Crippen LogP contribution in [0.15, 0.2) is 18.2 Å². The van der Waals surface area contributed by atoms with Gasteiger partial charge in [-0.15, -0.1) is 0 Å². The smallest absolute Gasteiger partial charge is 0.122 e. The summed E-state index contributed by atoms with van der Waals surface area (Å²) in [5.41, 5.74) is 7.93. The Morgan fingerprint density at radius 2 is 1.93 bits per heavy atom. The third-order valence-electron chi connectivity index (χ3n) is 1.94. The predicted molar refractivity (Wildman–Crippen MR) is 59.7 cm³/mol. The van der Waals surface area contributed by atoms with Gasteiger partial charge in [-0.2, -0.15) is 0 Å². The van der Waals surface area contributed by atoms with Crippen molar-refractivity contribution in [1.29, 1.82) is 0 Å². The number of rotatable bonds is 3. The van der Waals surface area contributed by atoms with Crippen LogP contribution in [0.1, 0.15) is 25.0 Å². The number of nitrogens with two attached hydrogens (primary N) is 1. The van der Waals surface area contributed by atoms with Gasteiger partial charge in [0.15, 0.2) is 0 Å². The fraction of sp³-hybridized carbons (Fsp3) is 0.500. The van der Waals surface area contributed by atoms with E-state index in [0.717, 1.165) is 11.3 Å². The molecule has 0 atom stereocenters. The maximum absolute atomic E-state index is 5.85. The lowest BCUT2D eigenvalue weighted by Gasteiger charge is -2.20. The minimum absolute atomic E-state index is 0.282. The van der Waals surface area contributed by atoms with Crippen molar-refractivity contribution >= 4 is 0 Å². The molecular weight excluding hydrogens is 174 g/mol. The second-order valence-corrected chi connectivity index (χ2v) is 4.55. The van der Waals surface area contributed by atoms with Crippen LogP contribution < -0.4 is 10.5 Å². The van der Waals surface area contributed by atoms with E-state index in [0.29, 0.717) is 6.61 Å². The normalized spacial score (nSPS) is 11.5. The first-order valence-electron chi connectivity index (χ1n) is 4.87. The van der Waals surface area contributed by atoms with Crippen molar-refractivity contribution in [2.45, 2.75) is 33.2 Å². The number of ether oxygens (including phenoxy) is 1. The van der Waals surface area contributed by atoms with Crippen molar-refractivity contribution in [2.24, 2.45) is 5.73 Å². The zero-order valence-electron chi connectivity index (χ0n) is 9.42. The molecular formula is C12H19NO. The van der Waals surface area contributed by atoms with Crippen molar-refractivity contribution in [2.75, 3.05) is 6.61 Å². The third-order valence-corrected chi connectivity index (χ3v) is 1.94. The molecule has 0 amide bonds. The summed E-state index contributed by atoms with van der Waals surface area (Å²) < 4.78 is 5.66. The van der Waals surface area contributed by atoms with Crippen LogP contribution in [0.4, 0.5) is 0 Å². The summed E-state index contributed by atoms with van der Waals surface area (Å²) in [7, 11) is 0. The Labute approximate surface area is 86.1 Å². The van der Waals surface area contributed by atoms with Gasteiger partial charge in [0.05, 0.1) is 0 Å². The Morgan fingerprint density at radius 3 is 2.50 bits per heavy atom. The number of hydrogen-bond acceptors (Lipinski definition) is 2. The largest absolute Gasteiger partial charge is 0.491 e. The summed E-state index contributed by atoms with van der Waals surface area (Å²) >= 11 is 0. The molecule has 0 fully saturated rings. The zero-order chi connectivity index (χ0) is 10.8. The van der Waals surface area contributed by atoms with E-state index in [1.807, 2.05) is 26.8 Å². The van der Waals surface area contributed by atoms with Gasteiger partial charge in [-0.05, 0) is 44.9 Å². The molecule has 2 nitrogen and oxygen atoms in total. The van der Waals surface area contributed by atoms with Crippen LogP contribution in [0, 0.1) is 13.8 Å². The van der Waals surface area contributed by atoms with Gasteiger partial charge < -0.3 is 10.5 Å². The average Bonchev–Trinajstić information content (AvgIpc) is 2.05. The number of hydrogen-bond donors (Lipinski definition) is 1. The summed E-state index contributed by atoms with van der Waals surface area (Å²) in [6.07, 6.45) is 0. The molecule has 0 aliphatic carbocycles. The maximum atomic E-state index is 5.85. The molecule has 0 bridgehead atoms. The van der Waals surface area contributed by atoms with E-state index >= 15 is 0 Å². The molecule has 14 heavy (non-hydrogen) atoms. The quantitative estimate of drug-likeness (QED) is 0.800. The molecule has 1 aromatic carbocycles. The fourth-order valence-corrected chi connectivity index (χ4v) is 1.13. The topological polar surface area (TPSA) is 35.2 Å². The molecule has 0 aromatic heterocycles. The minimum atomic E-state index is -0.282. The Morgan fingerprint density at radius 1 is 1.29 bits per heavy atom. The van der Waals surface area contributed by atoms with Crippen molar-refractivity contribution in [3.63, 3.8) is 0 Å². The van der Waals surface area contributed by atoms with Crippen LogP contribution in [-0.4, -0.2) is 12.1 Å². The Hall–Kier alpha value is -1.02. The van der Waals surface area contributed by atoms with Gasteiger partial charge in [0.2, 0.25) is 0 Å². The third kappa shape index (κ3) is 3.38. The van der Waals surface area contributed by atoms with E-state index in [2.05, 4.69) is 19.1 Å². The highest BCUT2D eigenvalue weighted by Crippen LogP contribution is 2.19. The van der Waals surface area contributed by atoms with E-state index in [1.54, 1.807) is 0 Å². The summed E-state index contributed by atoms with van der Waals surface area (Å²) in [6.45, 7) is 8.55. The van der Waals surface area contributed by atoms with Crippen LogP contribution in [0.3, 0.4) is 0 Å². The first kappa shape index (κ1) is 11.1. The van der Waals surface area contributed by atoms with Crippen molar-refractivity contribution < 1.29 is 4.74 Å². The molecule has 1 rings (SSSR count). The molecule has 0 spiro atoms. The summed E-state index contributed by atoms with van der Waals surface area (Å²) in [5.74, 6) is 0.934. The molecule has 0 saturated carbocycles. The van der Waals surface area contributed by atoms with Crippen LogP contribution in [-0.2, 0) is 0 Å². The van der Waals surface area contributed by atoms with E-state index in [-0.39, 0.29) is 5.54 Å². The average molecular weight is 193 g/mol.